The van der Waals surface area contributed by atoms with Crippen molar-refractivity contribution in [3.8, 4) is 11.3 Å². The number of benzene rings is 1. The number of anilines is 1. The van der Waals surface area contributed by atoms with Crippen molar-refractivity contribution in [2.45, 2.75) is 13.0 Å². The van der Waals surface area contributed by atoms with Crippen LogP contribution in [0.2, 0.25) is 0 Å². The molecule has 146 valence electrons. The molecule has 0 saturated carbocycles. The number of aromatic nitrogens is 5. The van der Waals surface area contributed by atoms with Gasteiger partial charge in [-0.05, 0) is 30.7 Å². The van der Waals surface area contributed by atoms with Crippen molar-refractivity contribution in [2.24, 2.45) is 0 Å². The van der Waals surface area contributed by atoms with Crippen LogP contribution >= 0.6 is 11.6 Å². The predicted octanol–water partition coefficient (Wildman–Crippen LogP) is 5.14. The first kappa shape index (κ1) is 18.4. The van der Waals surface area contributed by atoms with E-state index in [1.165, 1.54) is 18.5 Å². The summed E-state index contributed by atoms with van der Waals surface area (Å²) in [6.45, 7) is 1.98. The number of rotatable bonds is 4. The van der Waals surface area contributed by atoms with Gasteiger partial charge in [-0.15, -0.1) is 0 Å². The second kappa shape index (κ2) is 7.30. The molecule has 2 N–H and O–H groups in total. The Bertz CT molecular complexity index is 1330. The third-order valence-electron chi connectivity index (χ3n) is 4.91. The van der Waals surface area contributed by atoms with Gasteiger partial charge in [0.2, 0.25) is 5.03 Å². The van der Waals surface area contributed by atoms with Gasteiger partial charge in [-0.25, -0.2) is 24.3 Å². The lowest BCUT2D eigenvalue weighted by molar-refractivity contribution is 0.628. The highest BCUT2D eigenvalue weighted by Crippen LogP contribution is 2.35. The van der Waals surface area contributed by atoms with Crippen molar-refractivity contribution in [1.82, 2.24) is 24.9 Å². The lowest BCUT2D eigenvalue weighted by Gasteiger charge is -2.19. The number of fused-ring (bicyclic) bond motifs is 2. The van der Waals surface area contributed by atoms with Crippen LogP contribution in [0.1, 0.15) is 29.8 Å². The molecule has 1 aliphatic carbocycles. The maximum Gasteiger partial charge on any atom is 0.214 e. The Morgan fingerprint density at radius 1 is 1.20 bits per heavy atom. The fourth-order valence-electron chi connectivity index (χ4n) is 3.47. The Kier molecular flexibility index (Phi) is 4.47. The molecule has 5 rings (SSSR count). The zero-order chi connectivity index (χ0) is 20.7. The molecule has 30 heavy (non-hydrogen) atoms. The molecule has 3 aromatic heterocycles. The number of hydrogen-bond acceptors (Lipinski definition) is 5. The van der Waals surface area contributed by atoms with Gasteiger partial charge in [0.1, 0.15) is 29.3 Å². The molecule has 0 aliphatic heterocycles. The zero-order valence-corrected chi connectivity index (χ0v) is 16.6. The molecule has 0 amide bonds. The molecule has 0 fully saturated rings. The molecule has 4 aromatic rings. The van der Waals surface area contributed by atoms with Gasteiger partial charge in [0.15, 0.2) is 17.2 Å². The monoisotopic (exact) mass is 417 g/mol. The molecule has 0 unspecified atom stereocenters. The molecule has 1 aliphatic rings. The molecule has 8 heteroatoms. The summed E-state index contributed by atoms with van der Waals surface area (Å²) in [6, 6.07) is 8.12. The molecule has 0 spiro atoms. The molecule has 1 aromatic carbocycles. The number of nitrogens with one attached hydrogen (secondary N) is 2. The van der Waals surface area contributed by atoms with Crippen LogP contribution in [0.15, 0.2) is 49.1 Å². The van der Waals surface area contributed by atoms with Gasteiger partial charge < -0.3 is 10.3 Å². The summed E-state index contributed by atoms with van der Waals surface area (Å²) in [5, 5.41) is 3.87. The third-order valence-corrected chi connectivity index (χ3v) is 5.22. The maximum atomic E-state index is 14.0. The van der Waals surface area contributed by atoms with E-state index in [1.807, 2.05) is 25.1 Å². The number of pyridine rings is 1. The molecule has 6 nitrogen and oxygen atoms in total. The molecule has 0 bridgehead atoms. The number of H-pyrrole nitrogens is 1. The summed E-state index contributed by atoms with van der Waals surface area (Å²) in [5.41, 5.74) is 4.96. The number of hydrogen-bond donors (Lipinski definition) is 2. The number of aromatic amines is 1. The fraction of sp³-hybridized carbons (Fsp3) is 0.0909. The minimum atomic E-state index is -0.324. The van der Waals surface area contributed by atoms with Crippen LogP contribution < -0.4 is 5.32 Å². The Balaban J connectivity index is 1.64. The second-order valence-electron chi connectivity index (χ2n) is 6.85. The number of imidazole rings is 1. The third kappa shape index (κ3) is 3.20. The van der Waals surface area contributed by atoms with Gasteiger partial charge in [0.25, 0.3) is 0 Å². The van der Waals surface area contributed by atoms with Crippen LogP contribution in [0, 0.1) is 11.9 Å². The van der Waals surface area contributed by atoms with Gasteiger partial charge >= 0.3 is 0 Å². The van der Waals surface area contributed by atoms with Gasteiger partial charge in [-0.1, -0.05) is 12.1 Å². The highest BCUT2D eigenvalue weighted by atomic mass is 35.5. The summed E-state index contributed by atoms with van der Waals surface area (Å²) in [7, 11) is 0. The zero-order valence-electron chi connectivity index (χ0n) is 15.8. The molecule has 1 atom stereocenters. The number of allylic oxidation sites excluding steroid dienone is 2. The lowest BCUT2D eigenvalue weighted by atomic mass is 9.96. The fourth-order valence-corrected chi connectivity index (χ4v) is 3.69. The van der Waals surface area contributed by atoms with Crippen LogP contribution in [-0.4, -0.2) is 24.9 Å². The van der Waals surface area contributed by atoms with Crippen molar-refractivity contribution in [3.05, 3.63) is 77.8 Å². The SMILES string of the molecule is C[C@H](Nc1ncnc2nc[nH]c12)c1cc2c(nc1-c1cccc(F)c1)C=C[C+]=C2Cl. The van der Waals surface area contributed by atoms with Gasteiger partial charge in [0, 0.05) is 17.2 Å². The van der Waals surface area contributed by atoms with Crippen molar-refractivity contribution >= 4 is 39.7 Å². The Morgan fingerprint density at radius 2 is 2.10 bits per heavy atom. The van der Waals surface area contributed by atoms with Crippen LogP contribution in [0.5, 0.6) is 0 Å². The van der Waals surface area contributed by atoms with E-state index in [-0.39, 0.29) is 11.9 Å². The molecule has 0 radical (unpaired) electrons. The maximum absolute atomic E-state index is 14.0. The first-order chi connectivity index (χ1) is 14.6. The normalized spacial score (nSPS) is 13.5. The number of nitrogens with zero attached hydrogens (tertiary/aromatic N) is 4. The number of halogens is 2. The van der Waals surface area contributed by atoms with Crippen molar-refractivity contribution in [3.63, 3.8) is 0 Å². The van der Waals surface area contributed by atoms with Gasteiger partial charge in [0.05, 0.1) is 30.2 Å². The van der Waals surface area contributed by atoms with Gasteiger partial charge in [-0.2, -0.15) is 0 Å². The van der Waals surface area contributed by atoms with Crippen LogP contribution in [0.4, 0.5) is 10.2 Å². The molecule has 3 heterocycles. The van der Waals surface area contributed by atoms with Crippen molar-refractivity contribution in [2.75, 3.05) is 5.32 Å². The standard InChI is InChI=1S/C22H15ClFN6/c1-12(29-22-20-21(26-10-25-20)27-11-28-22)15-9-16-17(23)6-3-7-18(16)30-19(15)13-4-2-5-14(24)8-13/h2-5,7-12H,1H3,(H2,25,26,27,28,29)/q+1/t12-/m0/s1. The highest BCUT2D eigenvalue weighted by molar-refractivity contribution is 6.49. The average molecular weight is 418 g/mol. The Hall–Kier alpha value is -3.67. The largest absolute Gasteiger partial charge is 0.362 e. The molecular weight excluding hydrogens is 403 g/mol. The average Bonchev–Trinajstić information content (AvgIpc) is 3.23. The van der Waals surface area contributed by atoms with Gasteiger partial charge in [-0.3, -0.25) is 0 Å². The predicted molar refractivity (Wildman–Crippen MR) is 115 cm³/mol. The minimum absolute atomic E-state index is 0.224. The van der Waals surface area contributed by atoms with Crippen molar-refractivity contribution < 1.29 is 4.39 Å². The second-order valence-corrected chi connectivity index (χ2v) is 7.23. The first-order valence-electron chi connectivity index (χ1n) is 9.27. The molecule has 0 saturated heterocycles. The summed E-state index contributed by atoms with van der Waals surface area (Å²) in [6.07, 6.45) is 9.58. The highest BCUT2D eigenvalue weighted by Gasteiger charge is 2.25. The van der Waals surface area contributed by atoms with Crippen LogP contribution in [0.3, 0.4) is 0 Å². The minimum Gasteiger partial charge on any atom is -0.362 e. The lowest BCUT2D eigenvalue weighted by Crippen LogP contribution is -2.12. The summed E-state index contributed by atoms with van der Waals surface area (Å²) < 4.78 is 14.0. The molecular formula is C22H15ClFN6+. The Labute approximate surface area is 176 Å². The van der Waals surface area contributed by atoms with E-state index in [0.717, 1.165) is 11.1 Å². The topological polar surface area (TPSA) is 79.4 Å². The van der Waals surface area contributed by atoms with E-state index < -0.39 is 0 Å². The summed E-state index contributed by atoms with van der Waals surface area (Å²) in [5.74, 6) is 0.288. The van der Waals surface area contributed by atoms with E-state index >= 15 is 0 Å². The van der Waals surface area contributed by atoms with Crippen LogP contribution in [-0.2, 0) is 0 Å². The Morgan fingerprint density at radius 3 is 2.97 bits per heavy atom. The van der Waals surface area contributed by atoms with E-state index in [0.29, 0.717) is 39.0 Å². The summed E-state index contributed by atoms with van der Waals surface area (Å²) >= 11 is 6.37. The van der Waals surface area contributed by atoms with E-state index in [9.17, 15) is 4.39 Å². The quantitative estimate of drug-likeness (QED) is 0.449. The van der Waals surface area contributed by atoms with Crippen molar-refractivity contribution in [1.29, 1.82) is 0 Å². The van der Waals surface area contributed by atoms with E-state index in [4.69, 9.17) is 16.6 Å². The van der Waals surface area contributed by atoms with E-state index in [1.54, 1.807) is 18.5 Å². The van der Waals surface area contributed by atoms with E-state index in [2.05, 4.69) is 31.3 Å². The van der Waals surface area contributed by atoms with Crippen LogP contribution in [0.25, 0.3) is 33.5 Å². The summed E-state index contributed by atoms with van der Waals surface area (Å²) in [4.78, 5) is 20.5. The smallest absolute Gasteiger partial charge is 0.214 e. The first-order valence-corrected chi connectivity index (χ1v) is 9.65.